The normalized spacial score (nSPS) is 22.9. The second-order valence-corrected chi connectivity index (χ2v) is 6.88. The molecular weight excluding hydrogens is 265 g/mol. The first-order valence-corrected chi connectivity index (χ1v) is 8.06. The van der Waals surface area contributed by atoms with E-state index in [0.29, 0.717) is 22.9 Å². The van der Waals surface area contributed by atoms with Crippen molar-refractivity contribution in [1.82, 2.24) is 0 Å². The molecule has 0 saturated heterocycles. The number of hydrogen-bond donors (Lipinski definition) is 1. The molecule has 0 radical (unpaired) electrons. The average Bonchev–Trinajstić information content (AvgIpc) is 2.50. The largest absolute Gasteiger partial charge is 0.497 e. The third-order valence-electron chi connectivity index (χ3n) is 5.28. The molecule has 21 heavy (non-hydrogen) atoms. The third kappa shape index (κ3) is 3.90. The van der Waals surface area contributed by atoms with Crippen molar-refractivity contribution in [2.75, 3.05) is 12.4 Å². The van der Waals surface area contributed by atoms with E-state index in [1.165, 1.54) is 25.3 Å². The molecule has 1 aromatic carbocycles. The van der Waals surface area contributed by atoms with Crippen molar-refractivity contribution in [3.8, 4) is 5.75 Å². The molecule has 2 rings (SSSR count). The van der Waals surface area contributed by atoms with Crippen LogP contribution < -0.4 is 10.1 Å². The van der Waals surface area contributed by atoms with Gasteiger partial charge in [-0.25, -0.2) is 4.39 Å². The zero-order valence-electron chi connectivity index (χ0n) is 13.7. The van der Waals surface area contributed by atoms with Crippen LogP contribution in [0.15, 0.2) is 18.2 Å². The van der Waals surface area contributed by atoms with Crippen molar-refractivity contribution in [2.45, 2.75) is 58.9 Å². The van der Waals surface area contributed by atoms with Gasteiger partial charge in [0.1, 0.15) is 11.6 Å². The van der Waals surface area contributed by atoms with E-state index in [1.54, 1.807) is 19.2 Å². The number of benzene rings is 1. The Balaban J connectivity index is 1.95. The summed E-state index contributed by atoms with van der Waals surface area (Å²) in [5, 5.41) is 3.36. The quantitative estimate of drug-likeness (QED) is 0.801. The van der Waals surface area contributed by atoms with Gasteiger partial charge in [0.25, 0.3) is 0 Å². The molecule has 0 amide bonds. The van der Waals surface area contributed by atoms with Crippen LogP contribution in [0, 0.1) is 17.2 Å². The molecular formula is C18H28FNO. The van der Waals surface area contributed by atoms with Gasteiger partial charge in [0.05, 0.1) is 12.8 Å². The van der Waals surface area contributed by atoms with E-state index in [4.69, 9.17) is 4.74 Å². The van der Waals surface area contributed by atoms with Crippen LogP contribution in [0.1, 0.15) is 52.9 Å². The Morgan fingerprint density at radius 1 is 1.24 bits per heavy atom. The summed E-state index contributed by atoms with van der Waals surface area (Å²) in [6, 6.07) is 5.24. The van der Waals surface area contributed by atoms with Gasteiger partial charge >= 0.3 is 0 Å². The molecule has 1 saturated carbocycles. The van der Waals surface area contributed by atoms with Crippen molar-refractivity contribution in [3.63, 3.8) is 0 Å². The summed E-state index contributed by atoms with van der Waals surface area (Å²) in [7, 11) is 1.61. The van der Waals surface area contributed by atoms with Gasteiger partial charge in [-0.3, -0.25) is 0 Å². The maximum Gasteiger partial charge on any atom is 0.146 e. The molecule has 118 valence electrons. The lowest BCUT2D eigenvalue weighted by atomic mass is 9.69. The molecule has 3 heteroatoms. The van der Waals surface area contributed by atoms with Crippen LogP contribution in [0.25, 0.3) is 0 Å². The number of nitrogens with one attached hydrogen (secondary N) is 1. The van der Waals surface area contributed by atoms with Crippen LogP contribution in [0.2, 0.25) is 0 Å². The van der Waals surface area contributed by atoms with Crippen molar-refractivity contribution in [1.29, 1.82) is 0 Å². The molecule has 2 nitrogen and oxygen atoms in total. The molecule has 1 aromatic rings. The van der Waals surface area contributed by atoms with Gasteiger partial charge in [-0.15, -0.1) is 0 Å². The van der Waals surface area contributed by atoms with Gasteiger partial charge in [0, 0.05) is 12.1 Å². The Morgan fingerprint density at radius 2 is 1.90 bits per heavy atom. The Hall–Kier alpha value is -1.25. The minimum absolute atomic E-state index is 0.202. The molecule has 0 heterocycles. The number of ether oxygens (including phenoxy) is 1. The van der Waals surface area contributed by atoms with E-state index >= 15 is 0 Å². The molecule has 1 fully saturated rings. The van der Waals surface area contributed by atoms with Gasteiger partial charge < -0.3 is 10.1 Å². The summed E-state index contributed by atoms with van der Waals surface area (Å²) < 4.78 is 19.0. The maximum atomic E-state index is 13.9. The smallest absolute Gasteiger partial charge is 0.146 e. The SMILES string of the molecule is CCC(C)(C)C1CCC(Nc2cc(OC)ccc2F)CC1. The molecule has 0 spiro atoms. The van der Waals surface area contributed by atoms with Crippen LogP contribution in [0.4, 0.5) is 10.1 Å². The van der Waals surface area contributed by atoms with Crippen LogP contribution in [0.5, 0.6) is 5.75 Å². The Morgan fingerprint density at radius 3 is 2.48 bits per heavy atom. The summed E-state index contributed by atoms with van der Waals surface area (Å²) in [4.78, 5) is 0. The molecule has 0 unspecified atom stereocenters. The van der Waals surface area contributed by atoms with Gasteiger partial charge in [-0.1, -0.05) is 27.2 Å². The first-order valence-electron chi connectivity index (χ1n) is 8.06. The lowest BCUT2D eigenvalue weighted by Crippen LogP contribution is -2.32. The van der Waals surface area contributed by atoms with Crippen molar-refractivity contribution < 1.29 is 9.13 Å². The number of methoxy groups -OCH3 is 1. The minimum Gasteiger partial charge on any atom is -0.497 e. The number of rotatable bonds is 5. The van der Waals surface area contributed by atoms with E-state index in [-0.39, 0.29) is 5.82 Å². The zero-order chi connectivity index (χ0) is 15.5. The molecule has 0 aromatic heterocycles. The Labute approximate surface area is 128 Å². The first-order chi connectivity index (χ1) is 9.96. The summed E-state index contributed by atoms with van der Waals surface area (Å²) in [5.41, 5.74) is 0.985. The average molecular weight is 293 g/mol. The highest BCUT2D eigenvalue weighted by Crippen LogP contribution is 2.41. The first kappa shape index (κ1) is 16.1. The fourth-order valence-corrected chi connectivity index (χ4v) is 3.27. The number of halogens is 1. The minimum atomic E-state index is -0.202. The van der Waals surface area contributed by atoms with Crippen LogP contribution in [-0.4, -0.2) is 13.2 Å². The topological polar surface area (TPSA) is 21.3 Å². The van der Waals surface area contributed by atoms with Gasteiger partial charge in [-0.05, 0) is 49.1 Å². The highest BCUT2D eigenvalue weighted by Gasteiger charge is 2.31. The monoisotopic (exact) mass is 293 g/mol. The molecule has 1 aliphatic carbocycles. The van der Waals surface area contributed by atoms with E-state index < -0.39 is 0 Å². The van der Waals surface area contributed by atoms with Crippen molar-refractivity contribution in [3.05, 3.63) is 24.0 Å². The van der Waals surface area contributed by atoms with E-state index in [9.17, 15) is 4.39 Å². The van der Waals surface area contributed by atoms with Crippen LogP contribution in [0.3, 0.4) is 0 Å². The summed E-state index contributed by atoms with van der Waals surface area (Å²) in [6.07, 6.45) is 5.91. The third-order valence-corrected chi connectivity index (χ3v) is 5.28. The molecule has 0 aliphatic heterocycles. The summed E-state index contributed by atoms with van der Waals surface area (Å²) in [5.74, 6) is 1.28. The van der Waals surface area contributed by atoms with Gasteiger partial charge in [0.2, 0.25) is 0 Å². The Bertz CT molecular complexity index is 464. The lowest BCUT2D eigenvalue weighted by molar-refractivity contribution is 0.147. The predicted molar refractivity (Wildman–Crippen MR) is 86.4 cm³/mol. The van der Waals surface area contributed by atoms with Crippen LogP contribution >= 0.6 is 0 Å². The predicted octanol–water partition coefficient (Wildman–Crippen LogP) is 5.24. The fraction of sp³-hybridized carbons (Fsp3) is 0.667. The molecule has 1 N–H and O–H groups in total. The van der Waals surface area contributed by atoms with Crippen molar-refractivity contribution in [2.24, 2.45) is 11.3 Å². The summed E-state index contributed by atoms with van der Waals surface area (Å²) in [6.45, 7) is 7.01. The zero-order valence-corrected chi connectivity index (χ0v) is 13.7. The fourth-order valence-electron chi connectivity index (χ4n) is 3.27. The second kappa shape index (κ2) is 6.67. The highest BCUT2D eigenvalue weighted by molar-refractivity contribution is 5.50. The van der Waals surface area contributed by atoms with Gasteiger partial charge in [0.15, 0.2) is 0 Å². The Kier molecular flexibility index (Phi) is 5.13. The van der Waals surface area contributed by atoms with E-state index in [1.807, 2.05) is 0 Å². The molecule has 1 aliphatic rings. The van der Waals surface area contributed by atoms with Crippen molar-refractivity contribution >= 4 is 5.69 Å². The molecule has 0 bridgehead atoms. The lowest BCUT2D eigenvalue weighted by Gasteiger charge is -2.39. The van der Waals surface area contributed by atoms with Gasteiger partial charge in [-0.2, -0.15) is 0 Å². The summed E-state index contributed by atoms with van der Waals surface area (Å²) >= 11 is 0. The standard InChI is InChI=1S/C18H28FNO/c1-5-18(2,3)13-6-8-14(9-7-13)20-17-12-15(21-4)10-11-16(17)19/h10-14,20H,5-9H2,1-4H3. The van der Waals surface area contributed by atoms with E-state index in [2.05, 4.69) is 26.1 Å². The molecule has 0 atom stereocenters. The maximum absolute atomic E-state index is 13.9. The van der Waals surface area contributed by atoms with E-state index in [0.717, 1.165) is 18.8 Å². The number of hydrogen-bond acceptors (Lipinski definition) is 2. The highest BCUT2D eigenvalue weighted by atomic mass is 19.1. The number of anilines is 1. The van der Waals surface area contributed by atoms with Crippen LogP contribution in [-0.2, 0) is 0 Å². The second-order valence-electron chi connectivity index (χ2n) is 6.88.